The van der Waals surface area contributed by atoms with Crippen LogP contribution in [0.1, 0.15) is 38.4 Å². The number of carbonyl (C=O) groups is 1. The topological polar surface area (TPSA) is 74.4 Å². The Hall–Kier alpha value is -3.13. The highest BCUT2D eigenvalue weighted by Gasteiger charge is 2.20. The average Bonchev–Trinajstić information content (AvgIpc) is 3.15. The van der Waals surface area contributed by atoms with Gasteiger partial charge in [0.25, 0.3) is 0 Å². The van der Waals surface area contributed by atoms with Crippen LogP contribution >= 0.6 is 15.9 Å². The van der Waals surface area contributed by atoms with E-state index in [1.54, 1.807) is 18.1 Å². The second-order valence-corrected chi connectivity index (χ2v) is 10.8. The lowest BCUT2D eigenvalue weighted by Crippen LogP contribution is -2.35. The zero-order valence-corrected chi connectivity index (χ0v) is 22.5. The van der Waals surface area contributed by atoms with Crippen molar-refractivity contribution in [2.75, 3.05) is 32.1 Å². The van der Waals surface area contributed by atoms with Gasteiger partial charge in [-0.1, -0.05) is 28.1 Å². The smallest absolute Gasteiger partial charge is 0.410 e. The number of nitrogens with one attached hydrogen (secondary N) is 1. The van der Waals surface area contributed by atoms with Crippen molar-refractivity contribution in [1.82, 2.24) is 19.9 Å². The zero-order chi connectivity index (χ0) is 25.2. The number of fused-ring (bicyclic) bond motifs is 3. The molecule has 0 saturated heterocycles. The molecular weight excluding hydrogens is 506 g/mol. The third kappa shape index (κ3) is 6.11. The molecule has 7 nitrogen and oxygen atoms in total. The lowest BCUT2D eigenvalue weighted by molar-refractivity contribution is 0.0298. The van der Waals surface area contributed by atoms with Gasteiger partial charge in [-0.2, -0.15) is 0 Å². The predicted molar refractivity (Wildman–Crippen MR) is 145 cm³/mol. The molecule has 0 saturated carbocycles. The second-order valence-electron chi connectivity index (χ2n) is 9.89. The first-order valence-corrected chi connectivity index (χ1v) is 12.5. The molecule has 1 N–H and O–H groups in total. The van der Waals surface area contributed by atoms with Crippen molar-refractivity contribution < 1.29 is 9.53 Å². The number of rotatable bonds is 7. The van der Waals surface area contributed by atoms with E-state index in [1.807, 2.05) is 33.0 Å². The maximum absolute atomic E-state index is 12.3. The minimum absolute atomic E-state index is 0.304. The molecule has 0 spiro atoms. The quantitative estimate of drug-likeness (QED) is 0.305. The lowest BCUT2D eigenvalue weighted by Gasteiger charge is -2.26. The largest absolute Gasteiger partial charge is 0.444 e. The van der Waals surface area contributed by atoms with E-state index in [0.29, 0.717) is 13.0 Å². The number of anilines is 1. The maximum atomic E-state index is 12.3. The molecule has 0 radical (unpaired) electrons. The van der Waals surface area contributed by atoms with E-state index in [1.165, 1.54) is 0 Å². The molecule has 0 bridgehead atoms. The summed E-state index contributed by atoms with van der Waals surface area (Å²) in [6, 6.07) is 12.4. The first kappa shape index (κ1) is 25.0. The highest BCUT2D eigenvalue weighted by atomic mass is 79.9. The SMILES string of the molecule is CN(CCCN(C)c1nc(Cc2cccnc2)cc2[nH]c3cc(Br)ccc3c12)C(=O)OC(C)(C)C. The Morgan fingerprint density at radius 3 is 2.63 bits per heavy atom. The van der Waals surface area contributed by atoms with E-state index in [0.717, 1.165) is 56.3 Å². The fourth-order valence-corrected chi connectivity index (χ4v) is 4.45. The summed E-state index contributed by atoms with van der Waals surface area (Å²) in [4.78, 5) is 29.0. The summed E-state index contributed by atoms with van der Waals surface area (Å²) < 4.78 is 6.49. The van der Waals surface area contributed by atoms with E-state index in [-0.39, 0.29) is 6.09 Å². The third-order valence-corrected chi connectivity index (χ3v) is 6.23. The summed E-state index contributed by atoms with van der Waals surface area (Å²) in [6.07, 6.45) is 4.84. The Kier molecular flexibility index (Phi) is 7.31. The van der Waals surface area contributed by atoms with Crippen LogP contribution in [0.2, 0.25) is 0 Å². The van der Waals surface area contributed by atoms with E-state index in [9.17, 15) is 4.79 Å². The van der Waals surface area contributed by atoms with Gasteiger partial charge in [-0.15, -0.1) is 0 Å². The zero-order valence-electron chi connectivity index (χ0n) is 20.9. The van der Waals surface area contributed by atoms with Gasteiger partial charge in [0.15, 0.2) is 0 Å². The maximum Gasteiger partial charge on any atom is 0.410 e. The number of carbonyl (C=O) groups excluding carboxylic acids is 1. The normalized spacial score (nSPS) is 11.7. The molecule has 0 unspecified atom stereocenters. The van der Waals surface area contributed by atoms with Crippen molar-refractivity contribution in [2.24, 2.45) is 0 Å². The number of aromatic nitrogens is 3. The van der Waals surface area contributed by atoms with Gasteiger partial charge in [0.1, 0.15) is 11.4 Å². The van der Waals surface area contributed by atoms with Crippen LogP contribution < -0.4 is 4.90 Å². The minimum atomic E-state index is -0.503. The Morgan fingerprint density at radius 2 is 1.91 bits per heavy atom. The van der Waals surface area contributed by atoms with Gasteiger partial charge in [0.2, 0.25) is 0 Å². The molecular formula is C27H32BrN5O2. The van der Waals surface area contributed by atoms with Crippen LogP contribution in [0.5, 0.6) is 0 Å². The van der Waals surface area contributed by atoms with Crippen LogP contribution in [0.3, 0.4) is 0 Å². The van der Waals surface area contributed by atoms with E-state index >= 15 is 0 Å². The Labute approximate surface area is 214 Å². The molecule has 0 aliphatic heterocycles. The van der Waals surface area contributed by atoms with Crippen molar-refractivity contribution in [3.63, 3.8) is 0 Å². The van der Waals surface area contributed by atoms with Crippen LogP contribution in [-0.4, -0.2) is 58.7 Å². The summed E-state index contributed by atoms with van der Waals surface area (Å²) in [5, 5.41) is 2.24. The summed E-state index contributed by atoms with van der Waals surface area (Å²) in [5.74, 6) is 0.926. The Bertz CT molecular complexity index is 1330. The molecule has 1 amide bonds. The fraction of sp³-hybridized carbons (Fsp3) is 0.370. The number of nitrogens with zero attached hydrogens (tertiary/aromatic N) is 4. The molecule has 3 aromatic heterocycles. The van der Waals surface area contributed by atoms with Crippen LogP contribution in [0.25, 0.3) is 21.8 Å². The molecule has 3 heterocycles. The monoisotopic (exact) mass is 537 g/mol. The number of halogens is 1. The van der Waals surface area contributed by atoms with Crippen LogP contribution in [0.4, 0.5) is 10.6 Å². The van der Waals surface area contributed by atoms with Crippen molar-refractivity contribution >= 4 is 49.6 Å². The second kappa shape index (κ2) is 10.2. The van der Waals surface area contributed by atoms with E-state index < -0.39 is 5.60 Å². The molecule has 0 aliphatic carbocycles. The van der Waals surface area contributed by atoms with Crippen LogP contribution in [0, 0.1) is 0 Å². The highest BCUT2D eigenvalue weighted by Crippen LogP contribution is 2.34. The first-order valence-electron chi connectivity index (χ1n) is 11.8. The van der Waals surface area contributed by atoms with Crippen molar-refractivity contribution in [3.05, 3.63) is 64.5 Å². The molecule has 0 fully saturated rings. The Morgan fingerprint density at radius 1 is 1.11 bits per heavy atom. The molecule has 8 heteroatoms. The number of aromatic amines is 1. The van der Waals surface area contributed by atoms with Gasteiger partial charge in [-0.05, 0) is 57.0 Å². The number of H-pyrrole nitrogens is 1. The van der Waals surface area contributed by atoms with Crippen molar-refractivity contribution in [2.45, 2.75) is 39.2 Å². The molecule has 35 heavy (non-hydrogen) atoms. The molecule has 4 aromatic rings. The lowest BCUT2D eigenvalue weighted by atomic mass is 10.1. The summed E-state index contributed by atoms with van der Waals surface area (Å²) in [5.41, 5.74) is 3.71. The van der Waals surface area contributed by atoms with Gasteiger partial charge in [-0.3, -0.25) is 4.98 Å². The van der Waals surface area contributed by atoms with Crippen LogP contribution in [0.15, 0.2) is 53.3 Å². The molecule has 0 atom stereocenters. The number of hydrogen-bond donors (Lipinski definition) is 1. The summed E-state index contributed by atoms with van der Waals surface area (Å²) in [7, 11) is 3.83. The fourth-order valence-electron chi connectivity index (χ4n) is 4.09. The van der Waals surface area contributed by atoms with Gasteiger partial charge in [0, 0.05) is 72.5 Å². The summed E-state index contributed by atoms with van der Waals surface area (Å²) in [6.45, 7) is 6.97. The van der Waals surface area contributed by atoms with E-state index in [4.69, 9.17) is 9.72 Å². The number of amides is 1. The standard InChI is InChI=1S/C27H32BrN5O2/c1-27(2,3)35-26(34)33(5)13-7-12-32(4)25-24-21-10-9-19(28)15-22(21)31-23(24)16-20(30-25)14-18-8-6-11-29-17-18/h6,8-11,15-17,31H,7,12-14H2,1-5H3. The Balaban J connectivity index is 1.60. The number of ether oxygens (including phenoxy) is 1. The molecule has 184 valence electrons. The molecule has 1 aromatic carbocycles. The van der Waals surface area contributed by atoms with Gasteiger partial charge in [0.05, 0.1) is 5.52 Å². The average molecular weight is 538 g/mol. The number of hydrogen-bond acceptors (Lipinski definition) is 5. The third-order valence-electron chi connectivity index (χ3n) is 5.74. The van der Waals surface area contributed by atoms with Crippen LogP contribution in [-0.2, 0) is 11.2 Å². The van der Waals surface area contributed by atoms with Crippen molar-refractivity contribution in [3.8, 4) is 0 Å². The van der Waals surface area contributed by atoms with Gasteiger partial charge < -0.3 is 19.5 Å². The molecule has 0 aliphatic rings. The highest BCUT2D eigenvalue weighted by molar-refractivity contribution is 9.10. The first-order chi connectivity index (χ1) is 16.6. The van der Waals surface area contributed by atoms with E-state index in [2.05, 4.69) is 68.2 Å². The summed E-state index contributed by atoms with van der Waals surface area (Å²) >= 11 is 3.58. The predicted octanol–water partition coefficient (Wildman–Crippen LogP) is 6.16. The molecule has 4 rings (SSSR count). The van der Waals surface area contributed by atoms with Gasteiger partial charge in [-0.25, -0.2) is 9.78 Å². The van der Waals surface area contributed by atoms with Crippen molar-refractivity contribution in [1.29, 1.82) is 0 Å². The number of pyridine rings is 2. The number of benzene rings is 1. The van der Waals surface area contributed by atoms with Gasteiger partial charge >= 0.3 is 6.09 Å². The minimum Gasteiger partial charge on any atom is -0.444 e.